The molecule has 3 aromatic carbocycles. The summed E-state index contributed by atoms with van der Waals surface area (Å²) in [6.07, 6.45) is 2.15. The van der Waals surface area contributed by atoms with E-state index in [-0.39, 0.29) is 5.91 Å². The van der Waals surface area contributed by atoms with Gasteiger partial charge in [0.25, 0.3) is 5.91 Å². The molecule has 0 unspecified atom stereocenters. The number of carbonyl (C=O) groups is 2. The molecule has 0 saturated carbocycles. The highest BCUT2D eigenvalue weighted by molar-refractivity contribution is 6.16. The standard InChI is InChI=1S/C25H20N4O2/c26-24(30)22(13-15-14-27-19-10-4-1-7-16(15)19)29-25(31)23-17-8-2-5-11-20(17)28-21-12-6-3-9-18(21)23/h1-12,14,22,27H,13H2,(H2,26,30)(H,29,31)/t22-/m0/s1. The first-order valence-electron chi connectivity index (χ1n) is 10.0. The number of para-hydroxylation sites is 3. The molecule has 0 spiro atoms. The topological polar surface area (TPSA) is 101 Å². The van der Waals surface area contributed by atoms with Gasteiger partial charge in [-0.3, -0.25) is 9.59 Å². The van der Waals surface area contributed by atoms with E-state index in [4.69, 9.17) is 5.73 Å². The maximum Gasteiger partial charge on any atom is 0.253 e. The number of aromatic amines is 1. The van der Waals surface area contributed by atoms with Gasteiger partial charge < -0.3 is 16.0 Å². The van der Waals surface area contributed by atoms with Crippen molar-refractivity contribution in [3.8, 4) is 0 Å². The highest BCUT2D eigenvalue weighted by atomic mass is 16.2. The van der Waals surface area contributed by atoms with Crippen molar-refractivity contribution in [1.82, 2.24) is 15.3 Å². The van der Waals surface area contributed by atoms with Crippen molar-refractivity contribution in [2.45, 2.75) is 12.5 Å². The van der Waals surface area contributed by atoms with Crippen LogP contribution in [0.5, 0.6) is 0 Å². The van der Waals surface area contributed by atoms with Gasteiger partial charge in [0.1, 0.15) is 6.04 Å². The van der Waals surface area contributed by atoms with E-state index in [9.17, 15) is 9.59 Å². The predicted octanol–water partition coefficient (Wildman–Crippen LogP) is 3.70. The van der Waals surface area contributed by atoms with Gasteiger partial charge in [0.2, 0.25) is 5.91 Å². The molecular formula is C25H20N4O2. The van der Waals surface area contributed by atoms with Crippen molar-refractivity contribution in [2.75, 3.05) is 0 Å². The van der Waals surface area contributed by atoms with E-state index in [0.717, 1.165) is 38.3 Å². The molecule has 5 rings (SSSR count). The van der Waals surface area contributed by atoms with E-state index in [1.54, 1.807) is 0 Å². The zero-order chi connectivity index (χ0) is 21.4. The van der Waals surface area contributed by atoms with Crippen molar-refractivity contribution in [1.29, 1.82) is 0 Å². The quantitative estimate of drug-likeness (QED) is 0.387. The molecule has 2 amide bonds. The highest BCUT2D eigenvalue weighted by Crippen LogP contribution is 2.26. The summed E-state index contributed by atoms with van der Waals surface area (Å²) in [7, 11) is 0. The maximum atomic E-state index is 13.4. The van der Waals surface area contributed by atoms with Gasteiger partial charge in [-0.2, -0.15) is 0 Å². The molecule has 0 fully saturated rings. The number of nitrogens with one attached hydrogen (secondary N) is 2. The molecule has 6 nitrogen and oxygen atoms in total. The molecule has 2 aromatic heterocycles. The molecule has 0 aliphatic carbocycles. The van der Waals surface area contributed by atoms with Crippen LogP contribution in [0.4, 0.5) is 0 Å². The number of hydrogen-bond donors (Lipinski definition) is 3. The van der Waals surface area contributed by atoms with Gasteiger partial charge in [0, 0.05) is 34.3 Å². The first-order valence-corrected chi connectivity index (χ1v) is 10.0. The number of aromatic nitrogens is 2. The lowest BCUT2D eigenvalue weighted by molar-refractivity contribution is -0.119. The number of H-pyrrole nitrogens is 1. The Labute approximate surface area is 178 Å². The SMILES string of the molecule is NC(=O)[C@H](Cc1c[nH]c2ccccc12)NC(=O)c1c2ccccc2nc2ccccc12. The van der Waals surface area contributed by atoms with Gasteiger partial charge in [0.05, 0.1) is 16.6 Å². The zero-order valence-corrected chi connectivity index (χ0v) is 16.6. The summed E-state index contributed by atoms with van der Waals surface area (Å²) in [4.78, 5) is 33.5. The normalized spacial score (nSPS) is 12.3. The number of primary amides is 1. The maximum absolute atomic E-state index is 13.4. The van der Waals surface area contributed by atoms with Crippen LogP contribution in [-0.2, 0) is 11.2 Å². The number of amides is 2. The number of nitrogens with zero attached hydrogens (tertiary/aromatic N) is 1. The summed E-state index contributed by atoms with van der Waals surface area (Å²) in [6, 6.07) is 21.9. The van der Waals surface area contributed by atoms with Crippen molar-refractivity contribution in [2.24, 2.45) is 5.73 Å². The first-order chi connectivity index (χ1) is 15.1. The van der Waals surface area contributed by atoms with Gasteiger partial charge >= 0.3 is 0 Å². The Balaban J connectivity index is 1.54. The van der Waals surface area contributed by atoms with Crippen LogP contribution < -0.4 is 11.1 Å². The number of hydrogen-bond acceptors (Lipinski definition) is 3. The van der Waals surface area contributed by atoms with E-state index < -0.39 is 11.9 Å². The third kappa shape index (κ3) is 3.38. The Kier molecular flexibility index (Phi) is 4.59. The Hall–Kier alpha value is -4.19. The fourth-order valence-electron chi connectivity index (χ4n) is 4.06. The van der Waals surface area contributed by atoms with Crippen LogP contribution in [0.2, 0.25) is 0 Å². The van der Waals surface area contributed by atoms with Crippen molar-refractivity contribution < 1.29 is 9.59 Å². The molecule has 0 aliphatic heterocycles. The van der Waals surface area contributed by atoms with Crippen molar-refractivity contribution in [3.63, 3.8) is 0 Å². The monoisotopic (exact) mass is 408 g/mol. The van der Waals surface area contributed by atoms with E-state index >= 15 is 0 Å². The summed E-state index contributed by atoms with van der Waals surface area (Å²) in [5.74, 6) is -0.931. The van der Waals surface area contributed by atoms with E-state index in [1.807, 2.05) is 79.0 Å². The fraction of sp³-hybridized carbons (Fsp3) is 0.0800. The molecule has 2 heterocycles. The Morgan fingerprint density at radius 1 is 0.871 bits per heavy atom. The number of rotatable bonds is 5. The van der Waals surface area contributed by atoms with E-state index in [2.05, 4.69) is 15.3 Å². The second-order valence-electron chi connectivity index (χ2n) is 7.51. The Bertz CT molecular complexity index is 1400. The van der Waals surface area contributed by atoms with Gasteiger partial charge in [-0.1, -0.05) is 54.6 Å². The summed E-state index contributed by atoms with van der Waals surface area (Å²) >= 11 is 0. The van der Waals surface area contributed by atoms with Gasteiger partial charge in [-0.05, 0) is 23.8 Å². The van der Waals surface area contributed by atoms with Gasteiger partial charge in [-0.25, -0.2) is 4.98 Å². The molecule has 4 N–H and O–H groups in total. The third-order valence-corrected chi connectivity index (χ3v) is 5.56. The van der Waals surface area contributed by atoms with Gasteiger partial charge in [0.15, 0.2) is 0 Å². The molecule has 0 radical (unpaired) electrons. The predicted molar refractivity (Wildman–Crippen MR) is 122 cm³/mol. The number of fused-ring (bicyclic) bond motifs is 3. The molecule has 5 aromatic rings. The van der Waals surface area contributed by atoms with E-state index in [0.29, 0.717) is 12.0 Å². The Morgan fingerprint density at radius 3 is 2.10 bits per heavy atom. The largest absolute Gasteiger partial charge is 0.368 e. The first kappa shape index (κ1) is 18.8. The average Bonchev–Trinajstić information content (AvgIpc) is 3.19. The smallest absolute Gasteiger partial charge is 0.253 e. The van der Waals surface area contributed by atoms with Crippen LogP contribution in [0.15, 0.2) is 79.0 Å². The molecule has 31 heavy (non-hydrogen) atoms. The van der Waals surface area contributed by atoms with Crippen LogP contribution >= 0.6 is 0 Å². The lowest BCUT2D eigenvalue weighted by Gasteiger charge is -2.17. The molecule has 6 heteroatoms. The lowest BCUT2D eigenvalue weighted by atomic mass is 10.0. The van der Waals surface area contributed by atoms with Crippen LogP contribution in [-0.4, -0.2) is 27.8 Å². The minimum absolute atomic E-state index is 0.298. The summed E-state index contributed by atoms with van der Waals surface area (Å²) in [6.45, 7) is 0. The summed E-state index contributed by atoms with van der Waals surface area (Å²) < 4.78 is 0. The Morgan fingerprint density at radius 2 is 1.45 bits per heavy atom. The fourth-order valence-corrected chi connectivity index (χ4v) is 4.06. The third-order valence-electron chi connectivity index (χ3n) is 5.56. The van der Waals surface area contributed by atoms with Gasteiger partial charge in [-0.15, -0.1) is 0 Å². The zero-order valence-electron chi connectivity index (χ0n) is 16.6. The van der Waals surface area contributed by atoms with Crippen LogP contribution in [0, 0.1) is 0 Å². The van der Waals surface area contributed by atoms with Crippen LogP contribution in [0.25, 0.3) is 32.7 Å². The molecule has 0 saturated heterocycles. The summed E-state index contributed by atoms with van der Waals surface area (Å²) in [5, 5.41) is 5.33. The van der Waals surface area contributed by atoms with Crippen molar-refractivity contribution >= 4 is 44.5 Å². The molecule has 152 valence electrons. The minimum Gasteiger partial charge on any atom is -0.368 e. The number of nitrogens with two attached hydrogens (primary N) is 1. The number of pyridine rings is 1. The molecule has 0 aliphatic rings. The van der Waals surface area contributed by atoms with E-state index in [1.165, 1.54) is 0 Å². The average molecular weight is 408 g/mol. The summed E-state index contributed by atoms with van der Waals surface area (Å²) in [5.41, 5.74) is 9.50. The van der Waals surface area contributed by atoms with Crippen molar-refractivity contribution in [3.05, 3.63) is 90.1 Å². The molecule has 0 bridgehead atoms. The second kappa shape index (κ2) is 7.57. The highest BCUT2D eigenvalue weighted by Gasteiger charge is 2.23. The second-order valence-corrected chi connectivity index (χ2v) is 7.51. The van der Waals surface area contributed by atoms with Crippen LogP contribution in [0.3, 0.4) is 0 Å². The molecule has 1 atom stereocenters. The number of benzene rings is 3. The lowest BCUT2D eigenvalue weighted by Crippen LogP contribution is -2.46. The van der Waals surface area contributed by atoms with Crippen LogP contribution in [0.1, 0.15) is 15.9 Å². The minimum atomic E-state index is -0.850. The number of carbonyl (C=O) groups excluding carboxylic acids is 2. The molecular weight excluding hydrogens is 388 g/mol.